The Morgan fingerprint density at radius 3 is 2.38 bits per heavy atom. The lowest BCUT2D eigenvalue weighted by atomic mass is 10.0. The Morgan fingerprint density at radius 2 is 1.62 bits per heavy atom. The second-order valence-electron chi connectivity index (χ2n) is 7.42. The van der Waals surface area contributed by atoms with Crippen molar-refractivity contribution >= 4 is 29.3 Å². The van der Waals surface area contributed by atoms with Crippen molar-refractivity contribution in [3.63, 3.8) is 0 Å². The molecule has 2 aliphatic rings. The van der Waals surface area contributed by atoms with Gasteiger partial charge in [-0.05, 0) is 61.6 Å². The Hall–Kier alpha value is -3.28. The molecule has 0 bridgehead atoms. The number of carbonyl (C=O) groups excluding carboxylic acids is 4. The first-order valence-electron chi connectivity index (χ1n) is 9.77. The van der Waals surface area contributed by atoms with Crippen LogP contribution in [-0.2, 0) is 27.2 Å². The third kappa shape index (κ3) is 3.70. The molecule has 1 fully saturated rings. The number of ether oxygens (including phenoxy) is 1. The highest BCUT2D eigenvalue weighted by atomic mass is 16.5. The minimum absolute atomic E-state index is 0.166. The van der Waals surface area contributed by atoms with E-state index in [9.17, 15) is 19.2 Å². The van der Waals surface area contributed by atoms with Crippen LogP contribution < -0.4 is 4.90 Å². The maximum atomic E-state index is 12.7. The first-order valence-corrected chi connectivity index (χ1v) is 9.77. The molecule has 0 radical (unpaired) electrons. The van der Waals surface area contributed by atoms with Gasteiger partial charge in [0.2, 0.25) is 17.6 Å². The molecule has 148 valence electrons. The summed E-state index contributed by atoms with van der Waals surface area (Å²) in [4.78, 5) is 50.2. The fourth-order valence-electron chi connectivity index (χ4n) is 3.88. The summed E-state index contributed by atoms with van der Waals surface area (Å²) < 4.78 is 5.37. The number of hydrogen-bond donors (Lipinski definition) is 0. The lowest BCUT2D eigenvalue weighted by molar-refractivity contribution is -0.121. The summed E-state index contributed by atoms with van der Waals surface area (Å²) in [5.74, 6) is -1.51. The van der Waals surface area contributed by atoms with Crippen molar-refractivity contribution < 1.29 is 23.9 Å². The van der Waals surface area contributed by atoms with Gasteiger partial charge in [-0.3, -0.25) is 19.3 Å². The third-order valence-electron chi connectivity index (χ3n) is 5.43. The number of Topliss-reactive ketones (excluding diaryl/α,β-unsaturated/α-hetero) is 1. The van der Waals surface area contributed by atoms with Crippen LogP contribution in [0.3, 0.4) is 0 Å². The summed E-state index contributed by atoms with van der Waals surface area (Å²) >= 11 is 0. The summed E-state index contributed by atoms with van der Waals surface area (Å²) in [6.45, 7) is 1.55. The van der Waals surface area contributed by atoms with Gasteiger partial charge in [0, 0.05) is 18.4 Å². The normalized spacial score (nSPS) is 16.7. The summed E-state index contributed by atoms with van der Waals surface area (Å²) in [5, 5.41) is 0. The van der Waals surface area contributed by atoms with Crippen LogP contribution in [0.25, 0.3) is 0 Å². The number of fused-ring (bicyclic) bond motifs is 1. The van der Waals surface area contributed by atoms with Gasteiger partial charge in [0.05, 0.1) is 11.3 Å². The summed E-state index contributed by atoms with van der Waals surface area (Å²) in [7, 11) is 0. The second kappa shape index (κ2) is 7.62. The molecule has 0 N–H and O–H groups in total. The SMILES string of the molecule is CC(OC(=O)c1cccc(N2C(=O)CCC2=O)c1)C(=O)c1ccc2c(c1)CCC2. The Labute approximate surface area is 168 Å². The molecule has 1 saturated heterocycles. The van der Waals surface area contributed by atoms with Gasteiger partial charge in [-0.15, -0.1) is 0 Å². The number of aryl methyl sites for hydroxylation is 2. The number of ketones is 1. The molecule has 6 nitrogen and oxygen atoms in total. The van der Waals surface area contributed by atoms with E-state index in [2.05, 4.69) is 0 Å². The van der Waals surface area contributed by atoms with Crippen LogP contribution >= 0.6 is 0 Å². The zero-order valence-electron chi connectivity index (χ0n) is 16.1. The molecule has 1 aliphatic carbocycles. The van der Waals surface area contributed by atoms with Gasteiger partial charge in [0.15, 0.2) is 6.10 Å². The highest BCUT2D eigenvalue weighted by Crippen LogP contribution is 2.25. The predicted octanol–water partition coefficient (Wildman–Crippen LogP) is 3.26. The average molecular weight is 391 g/mol. The van der Waals surface area contributed by atoms with E-state index in [0.29, 0.717) is 11.3 Å². The van der Waals surface area contributed by atoms with Crippen molar-refractivity contribution in [2.45, 2.75) is 45.1 Å². The van der Waals surface area contributed by atoms with Gasteiger partial charge in [-0.1, -0.05) is 18.2 Å². The number of amides is 2. The molecule has 0 saturated carbocycles. The second-order valence-corrected chi connectivity index (χ2v) is 7.42. The van der Waals surface area contributed by atoms with Crippen LogP contribution in [0.5, 0.6) is 0 Å². The van der Waals surface area contributed by atoms with Crippen molar-refractivity contribution in [1.29, 1.82) is 0 Å². The molecule has 2 aromatic carbocycles. The summed E-state index contributed by atoms with van der Waals surface area (Å²) in [6.07, 6.45) is 2.48. The van der Waals surface area contributed by atoms with Crippen molar-refractivity contribution in [1.82, 2.24) is 0 Å². The van der Waals surface area contributed by atoms with Gasteiger partial charge >= 0.3 is 5.97 Å². The van der Waals surface area contributed by atoms with Crippen LogP contribution in [0.2, 0.25) is 0 Å². The number of anilines is 1. The number of esters is 1. The molecular formula is C23H21NO5. The van der Waals surface area contributed by atoms with E-state index in [0.717, 1.165) is 24.2 Å². The molecule has 0 spiro atoms. The quantitative estimate of drug-likeness (QED) is 0.444. The molecule has 2 amide bonds. The first-order chi connectivity index (χ1) is 13.9. The van der Waals surface area contributed by atoms with Gasteiger partial charge in [-0.25, -0.2) is 4.79 Å². The lowest BCUT2D eigenvalue weighted by Crippen LogP contribution is -2.29. The van der Waals surface area contributed by atoms with E-state index in [1.807, 2.05) is 12.1 Å². The molecule has 1 atom stereocenters. The molecule has 1 aliphatic heterocycles. The number of rotatable bonds is 5. The molecule has 4 rings (SSSR count). The molecular weight excluding hydrogens is 370 g/mol. The minimum atomic E-state index is -0.944. The van der Waals surface area contributed by atoms with Crippen LogP contribution in [0.15, 0.2) is 42.5 Å². The van der Waals surface area contributed by atoms with Gasteiger partial charge in [0.25, 0.3) is 0 Å². The Balaban J connectivity index is 1.47. The Morgan fingerprint density at radius 1 is 0.897 bits per heavy atom. The molecule has 1 heterocycles. The van der Waals surface area contributed by atoms with Crippen LogP contribution in [0.4, 0.5) is 5.69 Å². The maximum absolute atomic E-state index is 12.7. The van der Waals surface area contributed by atoms with Gasteiger partial charge in [0.1, 0.15) is 0 Å². The molecule has 2 aromatic rings. The van der Waals surface area contributed by atoms with Gasteiger partial charge in [-0.2, -0.15) is 0 Å². The van der Waals surface area contributed by atoms with E-state index in [1.165, 1.54) is 23.3 Å². The van der Waals surface area contributed by atoms with E-state index in [-0.39, 0.29) is 36.0 Å². The van der Waals surface area contributed by atoms with Crippen molar-refractivity contribution in [2.24, 2.45) is 0 Å². The average Bonchev–Trinajstić information content (AvgIpc) is 3.32. The maximum Gasteiger partial charge on any atom is 0.338 e. The fraction of sp³-hybridized carbons (Fsp3) is 0.304. The Bertz CT molecular complexity index is 1010. The van der Waals surface area contributed by atoms with E-state index in [4.69, 9.17) is 4.74 Å². The predicted molar refractivity (Wildman–Crippen MR) is 106 cm³/mol. The van der Waals surface area contributed by atoms with Crippen molar-refractivity contribution in [2.75, 3.05) is 4.90 Å². The topological polar surface area (TPSA) is 80.8 Å². The first kappa shape index (κ1) is 19.1. The van der Waals surface area contributed by atoms with Crippen LogP contribution in [0.1, 0.15) is 58.0 Å². The van der Waals surface area contributed by atoms with E-state index >= 15 is 0 Å². The monoisotopic (exact) mass is 391 g/mol. The number of imide groups is 1. The smallest absolute Gasteiger partial charge is 0.338 e. The summed E-state index contributed by atoms with van der Waals surface area (Å²) in [6, 6.07) is 11.8. The fourth-order valence-corrected chi connectivity index (χ4v) is 3.88. The molecule has 1 unspecified atom stereocenters. The summed E-state index contributed by atoms with van der Waals surface area (Å²) in [5.41, 5.74) is 3.51. The lowest BCUT2D eigenvalue weighted by Gasteiger charge is -2.16. The number of hydrogen-bond acceptors (Lipinski definition) is 5. The standard InChI is InChI=1S/C23H21NO5/c1-14(22(27)17-9-8-15-4-2-5-16(15)12-17)29-23(28)18-6-3-7-19(13-18)24-20(25)10-11-21(24)26/h3,6-9,12-14H,2,4-5,10-11H2,1H3. The number of nitrogens with zero attached hydrogens (tertiary/aromatic N) is 1. The highest BCUT2D eigenvalue weighted by Gasteiger charge is 2.31. The Kier molecular flexibility index (Phi) is 5.01. The van der Waals surface area contributed by atoms with E-state index < -0.39 is 12.1 Å². The van der Waals surface area contributed by atoms with Crippen molar-refractivity contribution in [3.05, 3.63) is 64.7 Å². The van der Waals surface area contributed by atoms with Crippen molar-refractivity contribution in [3.8, 4) is 0 Å². The molecule has 6 heteroatoms. The van der Waals surface area contributed by atoms with E-state index in [1.54, 1.807) is 25.1 Å². The van der Waals surface area contributed by atoms with Crippen LogP contribution in [0, 0.1) is 0 Å². The third-order valence-corrected chi connectivity index (χ3v) is 5.43. The largest absolute Gasteiger partial charge is 0.451 e. The minimum Gasteiger partial charge on any atom is -0.451 e. The zero-order chi connectivity index (χ0) is 20.5. The van der Waals surface area contributed by atoms with Crippen LogP contribution in [-0.4, -0.2) is 29.7 Å². The zero-order valence-corrected chi connectivity index (χ0v) is 16.1. The highest BCUT2D eigenvalue weighted by molar-refractivity contribution is 6.20. The molecule has 0 aromatic heterocycles. The number of carbonyl (C=O) groups is 4. The number of benzene rings is 2. The molecule has 29 heavy (non-hydrogen) atoms. The van der Waals surface area contributed by atoms with Gasteiger partial charge < -0.3 is 4.74 Å².